The first kappa shape index (κ1) is 12.1. The standard InChI is InChI=1S/C16H14O2/c1-2-11-18-16-9-7-15(8-10-16)14-5-3-13(12-17)4-6-14/h2-10,12H,1,11H2. The molecule has 0 aliphatic heterocycles. The fraction of sp³-hybridized carbons (Fsp3) is 0.0625. The summed E-state index contributed by atoms with van der Waals surface area (Å²) in [5.74, 6) is 0.822. The van der Waals surface area contributed by atoms with Gasteiger partial charge in [0.1, 0.15) is 18.6 Å². The fourth-order valence-corrected chi connectivity index (χ4v) is 1.65. The van der Waals surface area contributed by atoms with Crippen molar-refractivity contribution >= 4 is 6.29 Å². The van der Waals surface area contributed by atoms with Crippen LogP contribution in [0.3, 0.4) is 0 Å². The zero-order valence-electron chi connectivity index (χ0n) is 10.0. The third-order valence-corrected chi connectivity index (χ3v) is 2.60. The van der Waals surface area contributed by atoms with E-state index in [0.717, 1.165) is 23.2 Å². The Morgan fingerprint density at radius 1 is 0.944 bits per heavy atom. The molecule has 2 rings (SSSR count). The number of aldehydes is 1. The molecular weight excluding hydrogens is 224 g/mol. The van der Waals surface area contributed by atoms with E-state index in [1.807, 2.05) is 48.5 Å². The quantitative estimate of drug-likeness (QED) is 0.586. The second-order valence-electron chi connectivity index (χ2n) is 3.86. The molecule has 0 heterocycles. The summed E-state index contributed by atoms with van der Waals surface area (Å²) >= 11 is 0. The number of rotatable bonds is 5. The first-order chi connectivity index (χ1) is 8.83. The van der Waals surface area contributed by atoms with Gasteiger partial charge in [-0.1, -0.05) is 49.1 Å². The Balaban J connectivity index is 2.17. The van der Waals surface area contributed by atoms with Crippen molar-refractivity contribution in [3.05, 3.63) is 66.7 Å². The van der Waals surface area contributed by atoms with Gasteiger partial charge in [0.2, 0.25) is 0 Å². The topological polar surface area (TPSA) is 26.3 Å². The predicted molar refractivity (Wildman–Crippen MR) is 73.0 cm³/mol. The van der Waals surface area contributed by atoms with Gasteiger partial charge in [0.15, 0.2) is 0 Å². The summed E-state index contributed by atoms with van der Waals surface area (Å²) in [6, 6.07) is 15.3. The highest BCUT2D eigenvalue weighted by atomic mass is 16.5. The van der Waals surface area contributed by atoms with E-state index in [0.29, 0.717) is 12.2 Å². The minimum Gasteiger partial charge on any atom is -0.490 e. The van der Waals surface area contributed by atoms with Gasteiger partial charge in [-0.2, -0.15) is 0 Å². The average Bonchev–Trinajstić information content (AvgIpc) is 2.46. The SMILES string of the molecule is C=CCOc1ccc(-c2ccc(C=O)cc2)cc1. The number of hydrogen-bond donors (Lipinski definition) is 0. The van der Waals surface area contributed by atoms with E-state index in [4.69, 9.17) is 4.74 Å². The zero-order chi connectivity index (χ0) is 12.8. The van der Waals surface area contributed by atoms with E-state index in [1.54, 1.807) is 6.08 Å². The monoisotopic (exact) mass is 238 g/mol. The largest absolute Gasteiger partial charge is 0.490 e. The Morgan fingerprint density at radius 3 is 2.00 bits per heavy atom. The molecule has 90 valence electrons. The van der Waals surface area contributed by atoms with Crippen molar-refractivity contribution in [1.29, 1.82) is 0 Å². The van der Waals surface area contributed by atoms with Crippen LogP contribution in [-0.4, -0.2) is 12.9 Å². The summed E-state index contributed by atoms with van der Waals surface area (Å²) < 4.78 is 5.42. The Kier molecular flexibility index (Phi) is 3.92. The second kappa shape index (κ2) is 5.82. The molecule has 0 aromatic heterocycles. The van der Waals surface area contributed by atoms with Gasteiger partial charge in [-0.25, -0.2) is 0 Å². The van der Waals surface area contributed by atoms with Crippen LogP contribution in [-0.2, 0) is 0 Å². The molecule has 0 bridgehead atoms. The first-order valence-corrected chi connectivity index (χ1v) is 5.73. The Morgan fingerprint density at radius 2 is 1.50 bits per heavy atom. The predicted octanol–water partition coefficient (Wildman–Crippen LogP) is 3.73. The number of carbonyl (C=O) groups excluding carboxylic acids is 1. The highest BCUT2D eigenvalue weighted by Crippen LogP contribution is 2.22. The molecule has 0 atom stereocenters. The summed E-state index contributed by atoms with van der Waals surface area (Å²) in [6.07, 6.45) is 2.56. The van der Waals surface area contributed by atoms with Crippen molar-refractivity contribution in [2.45, 2.75) is 0 Å². The van der Waals surface area contributed by atoms with Gasteiger partial charge >= 0.3 is 0 Å². The molecule has 0 N–H and O–H groups in total. The van der Waals surface area contributed by atoms with Crippen molar-refractivity contribution in [2.75, 3.05) is 6.61 Å². The third-order valence-electron chi connectivity index (χ3n) is 2.60. The lowest BCUT2D eigenvalue weighted by Crippen LogP contribution is -1.92. The second-order valence-corrected chi connectivity index (χ2v) is 3.86. The molecule has 0 aliphatic carbocycles. The van der Waals surface area contributed by atoms with Gasteiger partial charge < -0.3 is 4.74 Å². The Labute approximate surface area is 107 Å². The lowest BCUT2D eigenvalue weighted by Gasteiger charge is -2.05. The smallest absolute Gasteiger partial charge is 0.150 e. The molecule has 18 heavy (non-hydrogen) atoms. The average molecular weight is 238 g/mol. The minimum atomic E-state index is 0.507. The zero-order valence-corrected chi connectivity index (χ0v) is 10.0. The van der Waals surface area contributed by atoms with Gasteiger partial charge in [0, 0.05) is 5.56 Å². The molecule has 2 heteroatoms. The molecule has 0 saturated carbocycles. The van der Waals surface area contributed by atoms with Crippen LogP contribution in [0.25, 0.3) is 11.1 Å². The number of hydrogen-bond acceptors (Lipinski definition) is 2. The molecule has 2 aromatic rings. The number of carbonyl (C=O) groups is 1. The van der Waals surface area contributed by atoms with E-state index in [9.17, 15) is 4.79 Å². The normalized spacial score (nSPS) is 9.78. The van der Waals surface area contributed by atoms with E-state index >= 15 is 0 Å². The first-order valence-electron chi connectivity index (χ1n) is 5.73. The summed E-state index contributed by atoms with van der Waals surface area (Å²) in [5.41, 5.74) is 2.86. The van der Waals surface area contributed by atoms with Crippen molar-refractivity contribution in [3.63, 3.8) is 0 Å². The Hall–Kier alpha value is -2.35. The van der Waals surface area contributed by atoms with Crippen LogP contribution in [0.15, 0.2) is 61.2 Å². The van der Waals surface area contributed by atoms with Gasteiger partial charge in [0.25, 0.3) is 0 Å². The van der Waals surface area contributed by atoms with E-state index in [2.05, 4.69) is 6.58 Å². The van der Waals surface area contributed by atoms with Crippen LogP contribution in [0, 0.1) is 0 Å². The van der Waals surface area contributed by atoms with Crippen molar-refractivity contribution in [3.8, 4) is 16.9 Å². The highest BCUT2D eigenvalue weighted by molar-refractivity contribution is 5.76. The van der Waals surface area contributed by atoms with Crippen molar-refractivity contribution in [1.82, 2.24) is 0 Å². The van der Waals surface area contributed by atoms with Crippen LogP contribution >= 0.6 is 0 Å². The van der Waals surface area contributed by atoms with Crippen molar-refractivity contribution in [2.24, 2.45) is 0 Å². The van der Waals surface area contributed by atoms with Gasteiger partial charge in [0.05, 0.1) is 0 Å². The van der Waals surface area contributed by atoms with Crippen molar-refractivity contribution < 1.29 is 9.53 Å². The maximum absolute atomic E-state index is 10.6. The van der Waals surface area contributed by atoms with Crippen LogP contribution in [0.1, 0.15) is 10.4 Å². The van der Waals surface area contributed by atoms with E-state index < -0.39 is 0 Å². The van der Waals surface area contributed by atoms with Crippen LogP contribution in [0.5, 0.6) is 5.75 Å². The number of ether oxygens (including phenoxy) is 1. The summed E-state index contributed by atoms with van der Waals surface area (Å²) in [7, 11) is 0. The van der Waals surface area contributed by atoms with Gasteiger partial charge in [-0.15, -0.1) is 0 Å². The molecule has 0 spiro atoms. The summed E-state index contributed by atoms with van der Waals surface area (Å²) in [4.78, 5) is 10.6. The molecule has 0 aliphatic rings. The van der Waals surface area contributed by atoms with Gasteiger partial charge in [-0.05, 0) is 23.3 Å². The molecule has 2 nitrogen and oxygen atoms in total. The molecule has 2 aromatic carbocycles. The summed E-state index contributed by atoms with van der Waals surface area (Å²) in [5, 5.41) is 0. The molecule has 0 unspecified atom stereocenters. The number of benzene rings is 2. The molecule has 0 radical (unpaired) electrons. The van der Waals surface area contributed by atoms with Gasteiger partial charge in [-0.3, -0.25) is 4.79 Å². The molecular formula is C16H14O2. The maximum atomic E-state index is 10.6. The highest BCUT2D eigenvalue weighted by Gasteiger charge is 1.98. The lowest BCUT2D eigenvalue weighted by molar-refractivity contribution is 0.112. The lowest BCUT2D eigenvalue weighted by atomic mass is 10.0. The Bertz CT molecular complexity index is 524. The van der Waals surface area contributed by atoms with Crippen LogP contribution < -0.4 is 4.74 Å². The third kappa shape index (κ3) is 2.86. The molecule has 0 saturated heterocycles. The fourth-order valence-electron chi connectivity index (χ4n) is 1.65. The van der Waals surface area contributed by atoms with E-state index in [1.165, 1.54) is 0 Å². The molecule has 0 fully saturated rings. The minimum absolute atomic E-state index is 0.507. The van der Waals surface area contributed by atoms with Crippen LogP contribution in [0.4, 0.5) is 0 Å². The molecule has 0 amide bonds. The van der Waals surface area contributed by atoms with E-state index in [-0.39, 0.29) is 0 Å². The maximum Gasteiger partial charge on any atom is 0.150 e. The summed E-state index contributed by atoms with van der Waals surface area (Å²) in [6.45, 7) is 4.11. The van der Waals surface area contributed by atoms with Crippen LogP contribution in [0.2, 0.25) is 0 Å².